The fourth-order valence-electron chi connectivity index (χ4n) is 4.63. The Hall–Kier alpha value is -2.33. The van der Waals surface area contributed by atoms with E-state index < -0.39 is 0 Å². The van der Waals surface area contributed by atoms with Gasteiger partial charge < -0.3 is 14.4 Å². The third-order valence-corrected chi connectivity index (χ3v) is 5.97. The van der Waals surface area contributed by atoms with Crippen LogP contribution < -0.4 is 4.74 Å². The van der Waals surface area contributed by atoms with Gasteiger partial charge in [0.25, 0.3) is 0 Å². The molecule has 4 heteroatoms. The van der Waals surface area contributed by atoms with Gasteiger partial charge in [-0.25, -0.2) is 0 Å². The van der Waals surface area contributed by atoms with Crippen LogP contribution in [0, 0.1) is 5.92 Å². The minimum Gasteiger partial charge on any atom is -0.496 e. The van der Waals surface area contributed by atoms with Crippen LogP contribution in [0.15, 0.2) is 54.6 Å². The van der Waals surface area contributed by atoms with E-state index in [1.165, 1.54) is 5.56 Å². The van der Waals surface area contributed by atoms with Crippen molar-refractivity contribution in [2.24, 2.45) is 5.92 Å². The first-order valence-electron chi connectivity index (χ1n) is 9.85. The van der Waals surface area contributed by atoms with Gasteiger partial charge in [-0.05, 0) is 36.0 Å². The van der Waals surface area contributed by atoms with Crippen molar-refractivity contribution in [2.75, 3.05) is 26.9 Å². The number of amides is 1. The number of rotatable bonds is 4. The lowest BCUT2D eigenvalue weighted by Gasteiger charge is -2.38. The Morgan fingerprint density at radius 1 is 1.07 bits per heavy atom. The zero-order valence-electron chi connectivity index (χ0n) is 15.8. The van der Waals surface area contributed by atoms with E-state index in [1.807, 2.05) is 36.4 Å². The number of ether oxygens (including phenoxy) is 2. The van der Waals surface area contributed by atoms with Crippen LogP contribution in [0.1, 0.15) is 42.3 Å². The average molecular weight is 365 g/mol. The highest BCUT2D eigenvalue weighted by molar-refractivity contribution is 5.81. The number of nitrogens with zero attached hydrogens (tertiary/aromatic N) is 1. The van der Waals surface area contributed by atoms with Crippen LogP contribution in [-0.4, -0.2) is 37.7 Å². The van der Waals surface area contributed by atoms with Gasteiger partial charge in [0.2, 0.25) is 5.91 Å². The van der Waals surface area contributed by atoms with E-state index in [-0.39, 0.29) is 23.8 Å². The van der Waals surface area contributed by atoms with Crippen LogP contribution in [-0.2, 0) is 9.53 Å². The molecule has 1 aliphatic heterocycles. The van der Waals surface area contributed by atoms with E-state index >= 15 is 0 Å². The summed E-state index contributed by atoms with van der Waals surface area (Å²) >= 11 is 0. The molecule has 3 atom stereocenters. The molecule has 2 fully saturated rings. The molecule has 2 aliphatic rings. The van der Waals surface area contributed by atoms with E-state index in [4.69, 9.17) is 9.47 Å². The normalized spacial score (nSPS) is 25.4. The molecule has 4 nitrogen and oxygen atoms in total. The molecule has 1 saturated carbocycles. The fourth-order valence-corrected chi connectivity index (χ4v) is 4.63. The van der Waals surface area contributed by atoms with Crippen molar-refractivity contribution in [2.45, 2.75) is 31.2 Å². The van der Waals surface area contributed by atoms with Crippen molar-refractivity contribution in [1.29, 1.82) is 0 Å². The summed E-state index contributed by atoms with van der Waals surface area (Å²) in [5.41, 5.74) is 2.32. The lowest BCUT2D eigenvalue weighted by atomic mass is 9.86. The zero-order valence-corrected chi connectivity index (χ0v) is 15.8. The number of para-hydroxylation sites is 1. The third-order valence-electron chi connectivity index (χ3n) is 5.97. The smallest absolute Gasteiger partial charge is 0.226 e. The van der Waals surface area contributed by atoms with Gasteiger partial charge in [-0.3, -0.25) is 4.79 Å². The van der Waals surface area contributed by atoms with Gasteiger partial charge in [0.1, 0.15) is 5.75 Å². The zero-order chi connectivity index (χ0) is 18.6. The van der Waals surface area contributed by atoms with Gasteiger partial charge >= 0.3 is 0 Å². The quantitative estimate of drug-likeness (QED) is 0.816. The van der Waals surface area contributed by atoms with Crippen molar-refractivity contribution in [3.63, 3.8) is 0 Å². The van der Waals surface area contributed by atoms with Crippen molar-refractivity contribution in [3.8, 4) is 5.75 Å². The number of carbonyl (C=O) groups excluding carboxylic acids is 1. The summed E-state index contributed by atoms with van der Waals surface area (Å²) < 4.78 is 11.3. The minimum atomic E-state index is 0.00590. The third kappa shape index (κ3) is 3.59. The summed E-state index contributed by atoms with van der Waals surface area (Å²) in [5, 5.41) is 0. The molecule has 0 radical (unpaired) electrons. The van der Waals surface area contributed by atoms with E-state index in [1.54, 1.807) is 7.11 Å². The molecule has 2 aromatic rings. The molecule has 1 heterocycles. The van der Waals surface area contributed by atoms with Crippen molar-refractivity contribution in [3.05, 3.63) is 65.7 Å². The Bertz CT molecular complexity index is 776. The number of hydrogen-bond acceptors (Lipinski definition) is 3. The molecule has 0 aromatic heterocycles. The minimum absolute atomic E-state index is 0.00590. The fraction of sp³-hybridized carbons (Fsp3) is 0.435. The summed E-state index contributed by atoms with van der Waals surface area (Å²) in [6.45, 7) is 1.84. The topological polar surface area (TPSA) is 38.8 Å². The highest BCUT2D eigenvalue weighted by Gasteiger charge is 2.40. The monoisotopic (exact) mass is 365 g/mol. The van der Waals surface area contributed by atoms with Crippen LogP contribution in [0.3, 0.4) is 0 Å². The maximum atomic E-state index is 13.6. The second-order valence-electron chi connectivity index (χ2n) is 7.42. The number of morpholine rings is 1. The predicted molar refractivity (Wildman–Crippen MR) is 105 cm³/mol. The van der Waals surface area contributed by atoms with Crippen LogP contribution >= 0.6 is 0 Å². The van der Waals surface area contributed by atoms with Crippen molar-refractivity contribution >= 4 is 5.91 Å². The Morgan fingerprint density at radius 3 is 2.67 bits per heavy atom. The van der Waals surface area contributed by atoms with Gasteiger partial charge in [-0.2, -0.15) is 0 Å². The second kappa shape index (κ2) is 8.13. The van der Waals surface area contributed by atoms with E-state index in [9.17, 15) is 4.79 Å². The van der Waals surface area contributed by atoms with E-state index in [0.717, 1.165) is 30.6 Å². The standard InChI is InChI=1S/C23H27NO3/c1-26-22-13-6-5-10-19(22)18-11-7-12-20(18)23(25)24-14-15-27-16-21(24)17-8-3-2-4-9-17/h2-6,8-10,13,18,20-21H,7,11-12,14-16H2,1H3/t18-,20+,21+/m0/s1. The molecule has 2 aromatic carbocycles. The summed E-state index contributed by atoms with van der Waals surface area (Å²) in [7, 11) is 1.71. The highest BCUT2D eigenvalue weighted by atomic mass is 16.5. The van der Waals surface area contributed by atoms with Crippen molar-refractivity contribution < 1.29 is 14.3 Å². The number of hydrogen-bond donors (Lipinski definition) is 0. The summed E-state index contributed by atoms with van der Waals surface area (Å²) in [6.07, 6.45) is 3.07. The summed E-state index contributed by atoms with van der Waals surface area (Å²) in [4.78, 5) is 15.6. The van der Waals surface area contributed by atoms with Gasteiger partial charge in [-0.15, -0.1) is 0 Å². The van der Waals surface area contributed by atoms with Gasteiger partial charge in [0.15, 0.2) is 0 Å². The molecule has 4 rings (SSSR count). The Balaban J connectivity index is 1.60. The average Bonchev–Trinajstić information content (AvgIpc) is 3.23. The molecule has 1 saturated heterocycles. The lowest BCUT2D eigenvalue weighted by Crippen LogP contribution is -2.46. The molecular formula is C23H27NO3. The number of carbonyl (C=O) groups is 1. The lowest BCUT2D eigenvalue weighted by molar-refractivity contribution is -0.145. The molecular weight excluding hydrogens is 338 g/mol. The Morgan fingerprint density at radius 2 is 1.85 bits per heavy atom. The summed E-state index contributed by atoms with van der Waals surface area (Å²) in [6, 6.07) is 18.4. The van der Waals surface area contributed by atoms with Crippen LogP contribution in [0.4, 0.5) is 0 Å². The van der Waals surface area contributed by atoms with Gasteiger partial charge in [0.05, 0.1) is 26.4 Å². The number of methoxy groups -OCH3 is 1. The van der Waals surface area contributed by atoms with Crippen LogP contribution in [0.25, 0.3) is 0 Å². The van der Waals surface area contributed by atoms with E-state index in [2.05, 4.69) is 23.1 Å². The molecule has 0 N–H and O–H groups in total. The highest BCUT2D eigenvalue weighted by Crippen LogP contribution is 2.44. The Kier molecular flexibility index (Phi) is 5.44. The molecule has 0 spiro atoms. The maximum Gasteiger partial charge on any atom is 0.226 e. The van der Waals surface area contributed by atoms with E-state index in [0.29, 0.717) is 19.8 Å². The Labute approximate surface area is 161 Å². The van der Waals surface area contributed by atoms with Crippen LogP contribution in [0.2, 0.25) is 0 Å². The molecule has 1 aliphatic carbocycles. The summed E-state index contributed by atoms with van der Waals surface area (Å²) in [5.74, 6) is 1.41. The predicted octanol–water partition coefficient (Wildman–Crippen LogP) is 4.18. The molecule has 1 amide bonds. The first kappa shape index (κ1) is 18.1. The maximum absolute atomic E-state index is 13.6. The molecule has 27 heavy (non-hydrogen) atoms. The van der Waals surface area contributed by atoms with Gasteiger partial charge in [-0.1, -0.05) is 55.0 Å². The van der Waals surface area contributed by atoms with Crippen LogP contribution in [0.5, 0.6) is 5.75 Å². The SMILES string of the molecule is COc1ccccc1[C@@H]1CCC[C@H]1C(=O)N1CCOC[C@@H]1c1ccccc1. The molecule has 142 valence electrons. The first-order valence-corrected chi connectivity index (χ1v) is 9.85. The second-order valence-corrected chi connectivity index (χ2v) is 7.42. The number of benzene rings is 2. The van der Waals surface area contributed by atoms with Gasteiger partial charge in [0, 0.05) is 12.5 Å². The molecule has 0 bridgehead atoms. The van der Waals surface area contributed by atoms with Crippen molar-refractivity contribution in [1.82, 2.24) is 4.90 Å². The molecule has 0 unspecified atom stereocenters. The largest absolute Gasteiger partial charge is 0.496 e. The first-order chi connectivity index (χ1) is 13.3.